The van der Waals surface area contributed by atoms with Crippen molar-refractivity contribution >= 4 is 5.57 Å². The van der Waals surface area contributed by atoms with Crippen molar-refractivity contribution in [2.75, 3.05) is 6.61 Å². The Bertz CT molecular complexity index is 827. The molecule has 24 heavy (non-hydrogen) atoms. The second-order valence-corrected chi connectivity index (χ2v) is 5.93. The molecule has 1 unspecified atom stereocenters. The first-order valence-corrected chi connectivity index (χ1v) is 7.64. The third-order valence-corrected chi connectivity index (χ3v) is 4.21. The van der Waals surface area contributed by atoms with Crippen molar-refractivity contribution in [2.24, 2.45) is 0 Å². The highest BCUT2D eigenvalue weighted by Crippen LogP contribution is 2.33. The summed E-state index contributed by atoms with van der Waals surface area (Å²) in [5.74, 6) is -4.53. The summed E-state index contributed by atoms with van der Waals surface area (Å²) < 4.78 is 62.1. The smallest absolute Gasteiger partial charge is 0.167 e. The largest absolute Gasteiger partial charge is 0.373 e. The lowest BCUT2D eigenvalue weighted by molar-refractivity contribution is 0.0871. The lowest BCUT2D eigenvalue weighted by Gasteiger charge is -2.20. The zero-order chi connectivity index (χ0) is 17.4. The quantitative estimate of drug-likeness (QED) is 0.666. The monoisotopic (exact) mass is 336 g/mol. The first kappa shape index (κ1) is 16.7. The second-order valence-electron chi connectivity index (χ2n) is 5.93. The predicted molar refractivity (Wildman–Crippen MR) is 84.5 cm³/mol. The van der Waals surface area contributed by atoms with Crippen LogP contribution in [0.5, 0.6) is 0 Å². The molecular weight excluding hydrogens is 320 g/mol. The fraction of sp³-hybridized carbons (Fsp3) is 0.263. The van der Waals surface area contributed by atoms with Crippen LogP contribution in [0, 0.1) is 30.2 Å². The van der Waals surface area contributed by atoms with Gasteiger partial charge in [0.15, 0.2) is 23.3 Å². The first-order chi connectivity index (χ1) is 11.4. The molecule has 0 spiro atoms. The number of hydrogen-bond donors (Lipinski definition) is 0. The molecular formula is C19H16F4O. The fourth-order valence-electron chi connectivity index (χ4n) is 2.71. The Morgan fingerprint density at radius 3 is 2.00 bits per heavy atom. The molecule has 1 heterocycles. The van der Waals surface area contributed by atoms with Gasteiger partial charge >= 0.3 is 0 Å². The molecule has 1 aliphatic heterocycles. The van der Waals surface area contributed by atoms with Gasteiger partial charge in [-0.25, -0.2) is 17.6 Å². The average molecular weight is 336 g/mol. The maximum Gasteiger partial charge on any atom is 0.167 e. The first-order valence-electron chi connectivity index (χ1n) is 7.64. The molecule has 0 amide bonds. The normalized spacial score (nSPS) is 17.8. The average Bonchev–Trinajstić information content (AvgIpc) is 2.57. The number of benzene rings is 2. The van der Waals surface area contributed by atoms with Gasteiger partial charge in [-0.2, -0.15) is 0 Å². The molecule has 0 bridgehead atoms. The van der Waals surface area contributed by atoms with Crippen molar-refractivity contribution in [2.45, 2.75) is 26.4 Å². The van der Waals surface area contributed by atoms with E-state index >= 15 is 0 Å². The summed E-state index contributed by atoms with van der Waals surface area (Å²) in [7, 11) is 0. The van der Waals surface area contributed by atoms with Gasteiger partial charge in [0.05, 0.1) is 12.7 Å². The van der Waals surface area contributed by atoms with Crippen LogP contribution in [0.2, 0.25) is 0 Å². The summed E-state index contributed by atoms with van der Waals surface area (Å²) in [6.07, 6.45) is 2.44. The number of ether oxygens (including phenoxy) is 1. The molecule has 1 atom stereocenters. The van der Waals surface area contributed by atoms with Crippen molar-refractivity contribution in [3.05, 3.63) is 64.7 Å². The molecule has 2 aromatic rings. The van der Waals surface area contributed by atoms with Gasteiger partial charge in [0, 0.05) is 16.7 Å². The van der Waals surface area contributed by atoms with Gasteiger partial charge in [-0.15, -0.1) is 0 Å². The van der Waals surface area contributed by atoms with Crippen LogP contribution in [0.25, 0.3) is 16.7 Å². The van der Waals surface area contributed by atoms with Crippen LogP contribution < -0.4 is 0 Å². The third kappa shape index (κ3) is 2.84. The Kier molecular flexibility index (Phi) is 4.45. The van der Waals surface area contributed by atoms with Gasteiger partial charge in [-0.1, -0.05) is 30.3 Å². The molecule has 0 aromatic heterocycles. The van der Waals surface area contributed by atoms with E-state index in [1.807, 2.05) is 6.92 Å². The number of rotatable bonds is 2. The molecule has 0 saturated heterocycles. The lowest BCUT2D eigenvalue weighted by atomic mass is 9.96. The minimum atomic E-state index is -1.20. The van der Waals surface area contributed by atoms with Crippen LogP contribution in [0.1, 0.15) is 24.5 Å². The summed E-state index contributed by atoms with van der Waals surface area (Å²) >= 11 is 0. The highest BCUT2D eigenvalue weighted by Gasteiger charge is 2.22. The van der Waals surface area contributed by atoms with Crippen LogP contribution in [0.4, 0.5) is 17.6 Å². The van der Waals surface area contributed by atoms with E-state index in [-0.39, 0.29) is 35.0 Å². The molecule has 0 fully saturated rings. The molecule has 2 aromatic carbocycles. The van der Waals surface area contributed by atoms with E-state index in [4.69, 9.17) is 4.74 Å². The van der Waals surface area contributed by atoms with Crippen molar-refractivity contribution < 1.29 is 22.3 Å². The molecule has 0 saturated carbocycles. The second kappa shape index (κ2) is 6.40. The maximum absolute atomic E-state index is 14.5. The Morgan fingerprint density at radius 1 is 0.833 bits per heavy atom. The van der Waals surface area contributed by atoms with E-state index in [9.17, 15) is 17.6 Å². The van der Waals surface area contributed by atoms with Gasteiger partial charge in [-0.3, -0.25) is 0 Å². The van der Waals surface area contributed by atoms with Crippen molar-refractivity contribution in [1.82, 2.24) is 0 Å². The molecule has 126 valence electrons. The molecule has 0 N–H and O–H groups in total. The van der Waals surface area contributed by atoms with Gasteiger partial charge in [0.2, 0.25) is 0 Å². The minimum Gasteiger partial charge on any atom is -0.373 e. The van der Waals surface area contributed by atoms with E-state index in [0.717, 1.165) is 0 Å². The van der Waals surface area contributed by atoms with Gasteiger partial charge in [-0.05, 0) is 31.4 Å². The Morgan fingerprint density at radius 2 is 1.38 bits per heavy atom. The maximum atomic E-state index is 14.5. The predicted octanol–water partition coefficient (Wildman–Crippen LogP) is 5.41. The number of aryl methyl sites for hydroxylation is 1. The fourth-order valence-corrected chi connectivity index (χ4v) is 2.71. The van der Waals surface area contributed by atoms with E-state index in [1.165, 1.54) is 31.2 Å². The summed E-state index contributed by atoms with van der Waals surface area (Å²) in [6.45, 7) is 3.48. The summed E-state index contributed by atoms with van der Waals surface area (Å²) in [6, 6.07) is 5.21. The lowest BCUT2D eigenvalue weighted by Crippen LogP contribution is -2.15. The minimum absolute atomic E-state index is 0.0329. The molecule has 1 aliphatic rings. The number of hydrogen-bond acceptors (Lipinski definition) is 1. The summed E-state index contributed by atoms with van der Waals surface area (Å²) in [4.78, 5) is 0. The van der Waals surface area contributed by atoms with E-state index in [1.54, 1.807) is 6.08 Å². The topological polar surface area (TPSA) is 9.23 Å². The van der Waals surface area contributed by atoms with E-state index in [2.05, 4.69) is 0 Å². The standard InChI is InChI=1S/C19H16F4O/c1-10-3-6-14(18(22)16(10)20)15-8-7-13(17(21)19(15)23)12-5-4-11(2)24-9-12/h3,5-8,11H,4,9H2,1-2H3. The van der Waals surface area contributed by atoms with Gasteiger partial charge in [0.25, 0.3) is 0 Å². The summed E-state index contributed by atoms with van der Waals surface area (Å²) in [5.41, 5.74) is 0.122. The SMILES string of the molecule is Cc1ccc(-c2ccc(C3=CCC(C)OC3)c(F)c2F)c(F)c1F. The Labute approximate surface area is 137 Å². The van der Waals surface area contributed by atoms with Gasteiger partial charge in [0.1, 0.15) is 0 Å². The highest BCUT2D eigenvalue weighted by atomic mass is 19.2. The Balaban J connectivity index is 2.07. The number of halogens is 4. The highest BCUT2D eigenvalue weighted by molar-refractivity contribution is 5.73. The van der Waals surface area contributed by atoms with Crippen LogP contribution in [0.3, 0.4) is 0 Å². The van der Waals surface area contributed by atoms with E-state index < -0.39 is 23.3 Å². The van der Waals surface area contributed by atoms with Crippen LogP contribution in [0.15, 0.2) is 30.3 Å². The molecule has 1 nitrogen and oxygen atoms in total. The van der Waals surface area contributed by atoms with Crippen LogP contribution >= 0.6 is 0 Å². The summed E-state index contributed by atoms with van der Waals surface area (Å²) in [5, 5.41) is 0. The zero-order valence-corrected chi connectivity index (χ0v) is 13.3. The molecule has 0 radical (unpaired) electrons. The van der Waals surface area contributed by atoms with Crippen molar-refractivity contribution in [1.29, 1.82) is 0 Å². The molecule has 5 heteroatoms. The molecule has 3 rings (SSSR count). The zero-order valence-electron chi connectivity index (χ0n) is 13.3. The third-order valence-electron chi connectivity index (χ3n) is 4.21. The van der Waals surface area contributed by atoms with Crippen molar-refractivity contribution in [3.63, 3.8) is 0 Å². The van der Waals surface area contributed by atoms with Crippen LogP contribution in [-0.4, -0.2) is 12.7 Å². The van der Waals surface area contributed by atoms with Gasteiger partial charge < -0.3 is 4.74 Å². The molecule has 0 aliphatic carbocycles. The Hall–Kier alpha value is -2.14. The van der Waals surface area contributed by atoms with E-state index in [0.29, 0.717) is 12.0 Å². The van der Waals surface area contributed by atoms with Crippen LogP contribution in [-0.2, 0) is 4.74 Å². The van der Waals surface area contributed by atoms with Crippen molar-refractivity contribution in [3.8, 4) is 11.1 Å².